The number of carboxylic acid groups (broad SMARTS) is 1. The molecule has 0 aliphatic rings. The SMILES string of the molecule is Cc1c[c-]c(-c2ccc([Si](C)(C)C)cn2)c(C)n1.O=C(O)c1ccccn1.[Ir]. The maximum absolute atomic E-state index is 10.1. The number of rotatable bonds is 3. The first-order valence-electron chi connectivity index (χ1n) is 8.65. The minimum atomic E-state index is -1.27. The van der Waals surface area contributed by atoms with Crippen LogP contribution >= 0.6 is 0 Å². The Morgan fingerprint density at radius 2 is 1.79 bits per heavy atom. The van der Waals surface area contributed by atoms with E-state index in [1.165, 1.54) is 17.4 Å². The van der Waals surface area contributed by atoms with Crippen LogP contribution in [0.25, 0.3) is 11.3 Å². The van der Waals surface area contributed by atoms with E-state index in [9.17, 15) is 4.79 Å². The van der Waals surface area contributed by atoms with Gasteiger partial charge in [0.05, 0.1) is 8.07 Å². The fourth-order valence-electron chi connectivity index (χ4n) is 2.37. The Labute approximate surface area is 180 Å². The number of aryl methyl sites for hydroxylation is 2. The number of hydrogen-bond acceptors (Lipinski definition) is 4. The van der Waals surface area contributed by atoms with E-state index in [2.05, 4.69) is 52.8 Å². The van der Waals surface area contributed by atoms with Gasteiger partial charge in [0.1, 0.15) is 5.69 Å². The van der Waals surface area contributed by atoms with Gasteiger partial charge in [-0.2, -0.15) is 0 Å². The van der Waals surface area contributed by atoms with Gasteiger partial charge in [0, 0.05) is 32.5 Å². The maximum atomic E-state index is 10.1. The van der Waals surface area contributed by atoms with Crippen LogP contribution < -0.4 is 5.19 Å². The minimum absolute atomic E-state index is 0. The third-order valence-electron chi connectivity index (χ3n) is 3.90. The number of nitrogens with zero attached hydrogens (tertiary/aromatic N) is 3. The van der Waals surface area contributed by atoms with Crippen LogP contribution in [-0.2, 0) is 20.1 Å². The molecular weight excluding hydrogens is 547 g/mol. The van der Waals surface area contributed by atoms with Crippen LogP contribution in [0.1, 0.15) is 21.9 Å². The van der Waals surface area contributed by atoms with Gasteiger partial charge >= 0.3 is 5.97 Å². The van der Waals surface area contributed by atoms with Gasteiger partial charge in [-0.25, -0.2) is 9.78 Å². The van der Waals surface area contributed by atoms with Crippen molar-refractivity contribution in [2.75, 3.05) is 0 Å². The molecule has 0 saturated heterocycles. The zero-order valence-corrected chi connectivity index (χ0v) is 20.0. The van der Waals surface area contributed by atoms with E-state index >= 15 is 0 Å². The topological polar surface area (TPSA) is 76.0 Å². The van der Waals surface area contributed by atoms with Gasteiger partial charge in [-0.15, -0.1) is 17.7 Å². The summed E-state index contributed by atoms with van der Waals surface area (Å²) in [5.41, 5.74) is 4.03. The fraction of sp³-hybridized carbons (Fsp3) is 0.238. The van der Waals surface area contributed by atoms with E-state index in [4.69, 9.17) is 5.11 Å². The number of hydrogen-bond donors (Lipinski definition) is 1. The third-order valence-corrected chi connectivity index (χ3v) is 5.93. The average molecular weight is 571 g/mol. The normalized spacial score (nSPS) is 10.3. The number of pyridine rings is 3. The van der Waals surface area contributed by atoms with Crippen molar-refractivity contribution in [2.24, 2.45) is 0 Å². The van der Waals surface area contributed by atoms with Gasteiger partial charge in [0.2, 0.25) is 0 Å². The quantitative estimate of drug-likeness (QED) is 0.382. The number of carboxylic acids is 1. The van der Waals surface area contributed by atoms with Crippen molar-refractivity contribution in [3.8, 4) is 11.3 Å². The van der Waals surface area contributed by atoms with Crippen LogP contribution in [0.3, 0.4) is 0 Å². The summed E-state index contributed by atoms with van der Waals surface area (Å²) in [5.74, 6) is -0.990. The first-order chi connectivity index (χ1) is 12.7. The Bertz CT molecular complexity index is 911. The summed E-state index contributed by atoms with van der Waals surface area (Å²) < 4.78 is 0. The predicted octanol–water partition coefficient (Wildman–Crippen LogP) is 3.88. The summed E-state index contributed by atoms with van der Waals surface area (Å²) in [5, 5.41) is 9.70. The second kappa shape index (κ2) is 10.4. The van der Waals surface area contributed by atoms with E-state index in [0.29, 0.717) is 0 Å². The summed E-state index contributed by atoms with van der Waals surface area (Å²) in [6.45, 7) is 11.0. The average Bonchev–Trinajstić information content (AvgIpc) is 2.62. The molecule has 0 amide bonds. The fourth-order valence-corrected chi connectivity index (χ4v) is 3.40. The van der Waals surface area contributed by atoms with Crippen LogP contribution in [0.5, 0.6) is 0 Å². The van der Waals surface area contributed by atoms with Gasteiger partial charge in [-0.05, 0) is 34.4 Å². The van der Waals surface area contributed by atoms with Crippen molar-refractivity contribution in [1.29, 1.82) is 0 Å². The van der Waals surface area contributed by atoms with Crippen molar-refractivity contribution in [3.63, 3.8) is 0 Å². The number of aromatic nitrogens is 3. The number of aromatic carboxylic acids is 1. The molecule has 0 unspecified atom stereocenters. The van der Waals surface area contributed by atoms with E-state index in [1.54, 1.807) is 12.1 Å². The summed E-state index contributed by atoms with van der Waals surface area (Å²) in [6, 6.07) is 14.2. The minimum Gasteiger partial charge on any atom is -0.477 e. The predicted molar refractivity (Wildman–Crippen MR) is 110 cm³/mol. The summed E-state index contributed by atoms with van der Waals surface area (Å²) in [7, 11) is -1.27. The standard InChI is InChI=1S/C15H19N2Si.C6H5NO2.Ir/c1-11-6-8-14(12(2)17-11)15-9-7-13(10-16-15)18(3,4)5;8-6(9)5-3-1-2-4-7-5;/h6-7,9-10H,1-5H3;1-4H,(H,8,9);/q-1;;. The summed E-state index contributed by atoms with van der Waals surface area (Å²) in [4.78, 5) is 22.7. The molecule has 0 atom stereocenters. The molecule has 3 heterocycles. The molecule has 0 aliphatic carbocycles. The largest absolute Gasteiger partial charge is 0.477 e. The van der Waals surface area contributed by atoms with Crippen molar-refractivity contribution in [1.82, 2.24) is 15.0 Å². The zero-order chi connectivity index (χ0) is 20.0. The zero-order valence-electron chi connectivity index (χ0n) is 16.6. The van der Waals surface area contributed by atoms with Crippen LogP contribution in [0.2, 0.25) is 19.6 Å². The van der Waals surface area contributed by atoms with Crippen molar-refractivity contribution in [3.05, 3.63) is 71.9 Å². The Kier molecular flexibility index (Phi) is 8.82. The van der Waals surface area contributed by atoms with Gasteiger partial charge in [-0.3, -0.25) is 0 Å². The molecule has 3 aromatic rings. The Balaban J connectivity index is 0.000000332. The van der Waals surface area contributed by atoms with E-state index in [0.717, 1.165) is 22.6 Å². The molecule has 0 bridgehead atoms. The van der Waals surface area contributed by atoms with Gasteiger partial charge in [0.25, 0.3) is 0 Å². The monoisotopic (exact) mass is 571 g/mol. The van der Waals surface area contributed by atoms with Crippen LogP contribution in [0.15, 0.2) is 48.8 Å². The molecule has 0 aromatic carbocycles. The molecule has 0 fully saturated rings. The second-order valence-corrected chi connectivity index (χ2v) is 12.3. The van der Waals surface area contributed by atoms with E-state index in [-0.39, 0.29) is 25.8 Å². The molecule has 149 valence electrons. The van der Waals surface area contributed by atoms with E-state index in [1.807, 2.05) is 26.1 Å². The molecule has 0 saturated carbocycles. The molecule has 1 N–H and O–H groups in total. The molecule has 28 heavy (non-hydrogen) atoms. The third kappa shape index (κ3) is 6.75. The Hall–Kier alpha value is -2.21. The molecule has 1 radical (unpaired) electrons. The molecular formula is C21H24IrN3O2Si-. The summed E-state index contributed by atoms with van der Waals surface area (Å²) in [6.07, 6.45) is 3.46. The van der Waals surface area contributed by atoms with Crippen molar-refractivity contribution >= 4 is 19.2 Å². The van der Waals surface area contributed by atoms with Crippen LogP contribution in [0, 0.1) is 19.9 Å². The Morgan fingerprint density at radius 1 is 1.07 bits per heavy atom. The van der Waals surface area contributed by atoms with Crippen molar-refractivity contribution < 1.29 is 30.0 Å². The second-order valence-electron chi connectivity index (χ2n) is 7.20. The van der Waals surface area contributed by atoms with Crippen LogP contribution in [-0.4, -0.2) is 34.1 Å². The van der Waals surface area contributed by atoms with Crippen molar-refractivity contribution in [2.45, 2.75) is 33.5 Å². The summed E-state index contributed by atoms with van der Waals surface area (Å²) >= 11 is 0. The first-order valence-corrected chi connectivity index (χ1v) is 12.2. The molecule has 0 aliphatic heterocycles. The molecule has 3 rings (SSSR count). The van der Waals surface area contributed by atoms with Gasteiger partial charge in [0.15, 0.2) is 0 Å². The molecule has 0 spiro atoms. The molecule has 7 heteroatoms. The van der Waals surface area contributed by atoms with Crippen LogP contribution in [0.4, 0.5) is 0 Å². The Morgan fingerprint density at radius 3 is 2.21 bits per heavy atom. The molecule has 5 nitrogen and oxygen atoms in total. The van der Waals surface area contributed by atoms with Gasteiger partial charge < -0.3 is 15.1 Å². The number of carbonyl (C=O) groups is 1. The first kappa shape index (κ1) is 23.8. The van der Waals surface area contributed by atoms with E-state index < -0.39 is 14.0 Å². The smallest absolute Gasteiger partial charge is 0.354 e. The molecule has 3 aromatic heterocycles. The maximum Gasteiger partial charge on any atom is 0.354 e. The van der Waals surface area contributed by atoms with Gasteiger partial charge in [-0.1, -0.05) is 51.7 Å².